The molecule has 4 nitrogen and oxygen atoms in total. The van der Waals surface area contributed by atoms with Crippen molar-refractivity contribution in [2.24, 2.45) is 5.92 Å². The number of rotatable bonds is 4. The minimum atomic E-state index is -3.04. The van der Waals surface area contributed by atoms with Crippen LogP contribution in [0.1, 0.15) is 31.0 Å². The summed E-state index contributed by atoms with van der Waals surface area (Å²) >= 11 is 0. The summed E-state index contributed by atoms with van der Waals surface area (Å²) in [6.07, 6.45) is 4.89. The van der Waals surface area contributed by atoms with Crippen LogP contribution in [0.5, 0.6) is 0 Å². The lowest BCUT2D eigenvalue weighted by molar-refractivity contribution is 0.265. The Hall–Kier alpha value is -0.940. The molecule has 1 aromatic heterocycles. The first-order valence-electron chi connectivity index (χ1n) is 6.90. The Kier molecular flexibility index (Phi) is 4.58. The van der Waals surface area contributed by atoms with Crippen molar-refractivity contribution in [2.75, 3.05) is 18.8 Å². The maximum absolute atomic E-state index is 11.9. The molecule has 0 aliphatic carbocycles. The van der Waals surface area contributed by atoms with Gasteiger partial charge in [-0.3, -0.25) is 4.98 Å². The van der Waals surface area contributed by atoms with Crippen LogP contribution in [-0.2, 0) is 16.4 Å². The van der Waals surface area contributed by atoms with Crippen LogP contribution in [0.4, 0.5) is 0 Å². The Bertz CT molecular complexity index is 511. The second-order valence-electron chi connectivity index (χ2n) is 5.28. The minimum absolute atomic E-state index is 0.200. The van der Waals surface area contributed by atoms with E-state index in [4.69, 9.17) is 0 Å². The molecule has 5 heteroatoms. The molecule has 0 N–H and O–H groups in total. The Morgan fingerprint density at radius 2 is 2.21 bits per heavy atom. The van der Waals surface area contributed by atoms with Gasteiger partial charge in [0.2, 0.25) is 10.0 Å². The van der Waals surface area contributed by atoms with E-state index in [9.17, 15) is 8.42 Å². The van der Waals surface area contributed by atoms with Gasteiger partial charge >= 0.3 is 0 Å². The van der Waals surface area contributed by atoms with Gasteiger partial charge in [-0.05, 0) is 50.7 Å². The van der Waals surface area contributed by atoms with E-state index in [-0.39, 0.29) is 5.75 Å². The summed E-state index contributed by atoms with van der Waals surface area (Å²) in [5, 5.41) is 0. The highest BCUT2D eigenvalue weighted by Crippen LogP contribution is 2.22. The Balaban J connectivity index is 2.00. The lowest BCUT2D eigenvalue weighted by Gasteiger charge is -2.31. The zero-order chi connectivity index (χ0) is 13.9. The first-order chi connectivity index (χ1) is 9.01. The van der Waals surface area contributed by atoms with Crippen molar-refractivity contribution >= 4 is 10.0 Å². The summed E-state index contributed by atoms with van der Waals surface area (Å²) < 4.78 is 25.5. The Labute approximate surface area is 115 Å². The molecule has 2 rings (SSSR count). The lowest BCUT2D eigenvalue weighted by atomic mass is 9.93. The van der Waals surface area contributed by atoms with E-state index in [1.54, 1.807) is 11.2 Å². The van der Waals surface area contributed by atoms with Crippen LogP contribution in [-0.4, -0.2) is 36.5 Å². The summed E-state index contributed by atoms with van der Waals surface area (Å²) in [5.41, 5.74) is 2.22. The van der Waals surface area contributed by atoms with E-state index in [0.29, 0.717) is 19.0 Å². The van der Waals surface area contributed by atoms with Crippen LogP contribution in [0.25, 0.3) is 0 Å². The van der Waals surface area contributed by atoms with Gasteiger partial charge in [0.05, 0.1) is 5.75 Å². The third-order valence-corrected chi connectivity index (χ3v) is 5.58. The van der Waals surface area contributed by atoms with Gasteiger partial charge in [-0.25, -0.2) is 12.7 Å². The van der Waals surface area contributed by atoms with E-state index in [0.717, 1.165) is 25.0 Å². The van der Waals surface area contributed by atoms with Crippen LogP contribution < -0.4 is 0 Å². The molecule has 2 heterocycles. The van der Waals surface area contributed by atoms with E-state index >= 15 is 0 Å². The van der Waals surface area contributed by atoms with Gasteiger partial charge in [-0.15, -0.1) is 0 Å². The molecule has 0 radical (unpaired) electrons. The second-order valence-corrected chi connectivity index (χ2v) is 7.54. The van der Waals surface area contributed by atoms with Gasteiger partial charge in [0.15, 0.2) is 0 Å². The fourth-order valence-electron chi connectivity index (χ4n) is 2.58. The molecule has 1 aliphatic heterocycles. The van der Waals surface area contributed by atoms with Crippen LogP contribution in [0.2, 0.25) is 0 Å². The second kappa shape index (κ2) is 6.01. The number of nitrogens with zero attached hydrogens (tertiary/aromatic N) is 2. The molecule has 0 aromatic carbocycles. The highest BCUT2D eigenvalue weighted by atomic mass is 32.2. The SMILES string of the molecule is CCS(=O)(=O)N1CCC[C@H](Cc2ccc(C)nc2)C1. The van der Waals surface area contributed by atoms with Gasteiger partial charge in [0.1, 0.15) is 0 Å². The number of piperidine rings is 1. The van der Waals surface area contributed by atoms with E-state index in [1.807, 2.05) is 19.2 Å². The van der Waals surface area contributed by atoms with Crippen LogP contribution >= 0.6 is 0 Å². The van der Waals surface area contributed by atoms with Gasteiger partial charge in [0.25, 0.3) is 0 Å². The van der Waals surface area contributed by atoms with Crippen molar-refractivity contribution < 1.29 is 8.42 Å². The Morgan fingerprint density at radius 1 is 1.42 bits per heavy atom. The third kappa shape index (κ3) is 3.76. The monoisotopic (exact) mass is 282 g/mol. The molecular weight excluding hydrogens is 260 g/mol. The highest BCUT2D eigenvalue weighted by molar-refractivity contribution is 7.89. The van der Waals surface area contributed by atoms with Gasteiger partial charge in [0, 0.05) is 25.0 Å². The predicted octanol–water partition coefficient (Wildman–Crippen LogP) is 1.99. The summed E-state index contributed by atoms with van der Waals surface area (Å²) in [5.74, 6) is 0.616. The van der Waals surface area contributed by atoms with Crippen LogP contribution in [0, 0.1) is 12.8 Å². The third-order valence-electron chi connectivity index (χ3n) is 3.74. The molecule has 106 valence electrons. The first kappa shape index (κ1) is 14.5. The fourth-order valence-corrected chi connectivity index (χ4v) is 3.79. The van der Waals surface area contributed by atoms with Crippen molar-refractivity contribution in [1.29, 1.82) is 0 Å². The molecule has 1 atom stereocenters. The minimum Gasteiger partial charge on any atom is -0.261 e. The van der Waals surface area contributed by atoms with E-state index in [2.05, 4.69) is 11.1 Å². The van der Waals surface area contributed by atoms with Crippen molar-refractivity contribution in [3.63, 3.8) is 0 Å². The quantitative estimate of drug-likeness (QED) is 0.848. The molecule has 1 aromatic rings. The molecule has 0 bridgehead atoms. The molecule has 1 aliphatic rings. The van der Waals surface area contributed by atoms with Gasteiger partial charge in [-0.1, -0.05) is 6.07 Å². The number of hydrogen-bond donors (Lipinski definition) is 0. The van der Waals surface area contributed by atoms with Crippen LogP contribution in [0.15, 0.2) is 18.3 Å². The number of hydrogen-bond acceptors (Lipinski definition) is 3. The van der Waals surface area contributed by atoms with Crippen molar-refractivity contribution in [3.8, 4) is 0 Å². The standard InChI is InChI=1S/C14H22N2O2S/c1-3-19(17,18)16-8-4-5-14(11-16)9-13-7-6-12(2)15-10-13/h6-7,10,14H,3-5,8-9,11H2,1-2H3/t14-/m1/s1. The fraction of sp³-hybridized carbons (Fsp3) is 0.643. The summed E-state index contributed by atoms with van der Waals surface area (Å²) in [4.78, 5) is 4.30. The number of aryl methyl sites for hydroxylation is 1. The average Bonchev–Trinajstić information content (AvgIpc) is 2.42. The molecule has 0 spiro atoms. The van der Waals surface area contributed by atoms with Gasteiger partial charge in [-0.2, -0.15) is 0 Å². The molecule has 1 fully saturated rings. The number of sulfonamides is 1. The topological polar surface area (TPSA) is 50.3 Å². The van der Waals surface area contributed by atoms with E-state index in [1.165, 1.54) is 5.56 Å². The zero-order valence-electron chi connectivity index (χ0n) is 11.7. The molecule has 0 unspecified atom stereocenters. The average molecular weight is 282 g/mol. The van der Waals surface area contributed by atoms with Crippen molar-refractivity contribution in [3.05, 3.63) is 29.6 Å². The molecule has 1 saturated heterocycles. The molecule has 19 heavy (non-hydrogen) atoms. The zero-order valence-corrected chi connectivity index (χ0v) is 12.5. The molecule has 0 amide bonds. The lowest BCUT2D eigenvalue weighted by Crippen LogP contribution is -2.41. The number of pyridine rings is 1. The smallest absolute Gasteiger partial charge is 0.213 e. The summed E-state index contributed by atoms with van der Waals surface area (Å²) in [6, 6.07) is 4.11. The van der Waals surface area contributed by atoms with Gasteiger partial charge < -0.3 is 0 Å². The maximum Gasteiger partial charge on any atom is 0.213 e. The Morgan fingerprint density at radius 3 is 2.84 bits per heavy atom. The predicted molar refractivity (Wildman–Crippen MR) is 76.4 cm³/mol. The first-order valence-corrected chi connectivity index (χ1v) is 8.51. The van der Waals surface area contributed by atoms with Crippen molar-refractivity contribution in [1.82, 2.24) is 9.29 Å². The molecular formula is C14H22N2O2S. The molecule has 0 saturated carbocycles. The number of aromatic nitrogens is 1. The highest BCUT2D eigenvalue weighted by Gasteiger charge is 2.27. The maximum atomic E-state index is 11.9. The summed E-state index contributed by atoms with van der Waals surface area (Å²) in [7, 11) is -3.04. The van der Waals surface area contributed by atoms with Crippen molar-refractivity contribution in [2.45, 2.75) is 33.1 Å². The normalized spacial score (nSPS) is 21.5. The summed E-state index contributed by atoms with van der Waals surface area (Å²) in [6.45, 7) is 5.02. The van der Waals surface area contributed by atoms with Crippen LogP contribution in [0.3, 0.4) is 0 Å². The van der Waals surface area contributed by atoms with E-state index < -0.39 is 10.0 Å². The largest absolute Gasteiger partial charge is 0.261 e.